The largest absolute Gasteiger partial charge is 0.480 e. The van der Waals surface area contributed by atoms with E-state index in [2.05, 4.69) is 38.2 Å². The summed E-state index contributed by atoms with van der Waals surface area (Å²) in [7, 11) is 0. The van der Waals surface area contributed by atoms with Crippen LogP contribution in [-0.4, -0.2) is 136 Å². The molecule has 1 radical (unpaired) electrons. The maximum atomic E-state index is 12.7. The summed E-state index contributed by atoms with van der Waals surface area (Å²) in [5, 5.41) is 19.5. The Kier molecular flexibility index (Phi) is 36.9. The predicted molar refractivity (Wildman–Crippen MR) is 239 cm³/mol. The van der Waals surface area contributed by atoms with Gasteiger partial charge in [0.15, 0.2) is 5.78 Å². The molecule has 1 rings (SSSR count). The van der Waals surface area contributed by atoms with Gasteiger partial charge in [-0.2, -0.15) is 0 Å². The summed E-state index contributed by atoms with van der Waals surface area (Å²) < 4.78 is 21.5. The van der Waals surface area contributed by atoms with Crippen LogP contribution in [0.15, 0.2) is 12.5 Å². The third kappa shape index (κ3) is 36.1. The van der Waals surface area contributed by atoms with E-state index in [1.807, 2.05) is 0 Å². The molecule has 1 heterocycles. The van der Waals surface area contributed by atoms with Gasteiger partial charge in [-0.3, -0.25) is 28.8 Å². The van der Waals surface area contributed by atoms with E-state index < -0.39 is 36.2 Å². The fourth-order valence-corrected chi connectivity index (χ4v) is 6.63. The second kappa shape index (κ2) is 40.8. The number of carbonyl (C=O) groups is 6. The van der Waals surface area contributed by atoms with Crippen molar-refractivity contribution in [2.45, 2.75) is 148 Å². The van der Waals surface area contributed by atoms with Crippen molar-refractivity contribution in [3.05, 3.63) is 18.2 Å². The highest BCUT2D eigenvalue weighted by atomic mass is 16.5. The highest BCUT2D eigenvalue weighted by molar-refractivity contribution is 5.90. The minimum absolute atomic E-state index is 0.0511. The number of hydrogen-bond donors (Lipinski definition) is 6. The molecule has 0 aliphatic heterocycles. The van der Waals surface area contributed by atoms with Gasteiger partial charge in [0.1, 0.15) is 19.8 Å². The number of carboxylic acids is 1. The molecule has 1 aromatic rings. The van der Waals surface area contributed by atoms with Gasteiger partial charge < -0.3 is 50.3 Å². The van der Waals surface area contributed by atoms with Gasteiger partial charge in [0, 0.05) is 56.7 Å². The maximum Gasteiger partial charge on any atom is 0.322 e. The second-order valence-corrected chi connectivity index (χ2v) is 15.9. The average molecular weight is 895 g/mol. The molecule has 0 aliphatic rings. The first kappa shape index (κ1) is 57.0. The first-order valence-electron chi connectivity index (χ1n) is 23.4. The minimum Gasteiger partial charge on any atom is -0.480 e. The number of hydrogen-bond acceptors (Lipinski definition) is 11. The number of nitrogens with one attached hydrogen (secondary N) is 6. The van der Waals surface area contributed by atoms with Crippen LogP contribution in [0.3, 0.4) is 0 Å². The lowest BCUT2D eigenvalue weighted by atomic mass is 9.91. The van der Waals surface area contributed by atoms with E-state index >= 15 is 0 Å². The number of unbranched alkanes of at least 4 members (excludes halogenated alkanes) is 15. The van der Waals surface area contributed by atoms with Crippen LogP contribution in [-0.2, 0) is 54.1 Å². The highest BCUT2D eigenvalue weighted by Gasteiger charge is 2.26. The predicted octanol–water partition coefficient (Wildman–Crippen LogP) is 4.23. The summed E-state index contributed by atoms with van der Waals surface area (Å²) in [6, 6.07) is -1.09. The van der Waals surface area contributed by atoms with Crippen LogP contribution in [0.1, 0.15) is 141 Å². The lowest BCUT2D eigenvalue weighted by Crippen LogP contribution is -2.37. The molecule has 0 fully saturated rings. The van der Waals surface area contributed by atoms with Gasteiger partial charge in [0.25, 0.3) is 0 Å². The summed E-state index contributed by atoms with van der Waals surface area (Å²) in [5.74, 6) is -3.57. The van der Waals surface area contributed by atoms with E-state index in [-0.39, 0.29) is 83.2 Å². The number of carbonyl (C=O) groups excluding carboxylic acids is 5. The van der Waals surface area contributed by atoms with Gasteiger partial charge in [0.2, 0.25) is 23.6 Å². The molecule has 0 spiro atoms. The average Bonchev–Trinajstić information content (AvgIpc) is 3.78. The molecule has 0 unspecified atom stereocenters. The smallest absolute Gasteiger partial charge is 0.322 e. The number of imidazole rings is 1. The number of carboxylic acid groups (broad SMARTS) is 1. The summed E-state index contributed by atoms with van der Waals surface area (Å²) in [6.45, 7) is 4.03. The number of ether oxygens (including phenoxy) is 4. The summed E-state index contributed by atoms with van der Waals surface area (Å²) in [5.41, 5.74) is 8.77. The Balaban J connectivity index is 1.92. The molecule has 0 aromatic carbocycles. The Morgan fingerprint density at radius 3 is 1.67 bits per heavy atom. The molecule has 0 bridgehead atoms. The van der Waals surface area contributed by atoms with E-state index in [4.69, 9.17) is 29.8 Å². The molecule has 18 heteroatoms. The van der Waals surface area contributed by atoms with Crippen LogP contribution in [0.25, 0.3) is 0 Å². The Labute approximate surface area is 375 Å². The molecule has 4 amide bonds. The number of H-pyrrole nitrogens is 1. The van der Waals surface area contributed by atoms with Crippen molar-refractivity contribution in [2.24, 2.45) is 5.92 Å². The lowest BCUT2D eigenvalue weighted by Gasteiger charge is -2.17. The molecule has 0 saturated heterocycles. The Hall–Kier alpha value is -3.97. The van der Waals surface area contributed by atoms with Crippen molar-refractivity contribution in [3.63, 3.8) is 0 Å². The van der Waals surface area contributed by atoms with E-state index in [1.165, 1.54) is 96.0 Å². The fourth-order valence-electron chi connectivity index (χ4n) is 6.63. The Bertz CT molecular complexity index is 1340. The van der Waals surface area contributed by atoms with Crippen molar-refractivity contribution >= 4 is 35.4 Å². The Morgan fingerprint density at radius 1 is 0.635 bits per heavy atom. The molecular formula is C45H80N7O11. The standard InChI is InChI=1S/C45H80N7O11/c1-2-3-4-5-6-7-8-9-10-11-12-13-14-15-16-20-41(54)49-22-24-60-26-29-63-35-43(56)50-23-25-61-27-28-62-34-42(55)48-21-18-17-19-37(45(59)51-33-44(57)58)30-40(53)39(46)31-38-32-47-36-52-38/h32,36-37,39,46H,2-31,33-35H2,1H3,(H,47,52)(H,48,55)(H,49,54)(H,50,56)(H,51,59)(H,57,58)/t37-,39+/m1/s1. The zero-order valence-corrected chi connectivity index (χ0v) is 38.1. The molecule has 1 aromatic heterocycles. The van der Waals surface area contributed by atoms with Crippen LogP contribution in [0.5, 0.6) is 0 Å². The van der Waals surface area contributed by atoms with Gasteiger partial charge in [-0.25, -0.2) is 10.7 Å². The van der Waals surface area contributed by atoms with Gasteiger partial charge in [-0.05, 0) is 19.3 Å². The second-order valence-electron chi connectivity index (χ2n) is 15.9. The Morgan fingerprint density at radius 2 is 1.14 bits per heavy atom. The summed E-state index contributed by atoms with van der Waals surface area (Å²) in [6.07, 6.45) is 24.2. The van der Waals surface area contributed by atoms with Crippen molar-refractivity contribution in [1.82, 2.24) is 37.0 Å². The highest BCUT2D eigenvalue weighted by Crippen LogP contribution is 2.17. The van der Waals surface area contributed by atoms with Crippen molar-refractivity contribution in [3.8, 4) is 0 Å². The quantitative estimate of drug-likeness (QED) is 0.0503. The number of rotatable bonds is 45. The lowest BCUT2D eigenvalue weighted by molar-refractivity contribution is -0.139. The van der Waals surface area contributed by atoms with E-state index in [1.54, 1.807) is 0 Å². The third-order valence-corrected chi connectivity index (χ3v) is 10.3. The van der Waals surface area contributed by atoms with Crippen molar-refractivity contribution in [2.75, 3.05) is 79.0 Å². The first-order chi connectivity index (χ1) is 30.6. The van der Waals surface area contributed by atoms with E-state index in [9.17, 15) is 28.8 Å². The van der Waals surface area contributed by atoms with Gasteiger partial charge >= 0.3 is 5.97 Å². The topological polar surface area (TPSA) is 260 Å². The number of aliphatic carboxylic acids is 1. The summed E-state index contributed by atoms with van der Waals surface area (Å²) >= 11 is 0. The SMILES string of the molecule is CCCCCCCCCCCCCCCCCC(=O)NCCOCCOCC(=O)NCCOCCOCC(=O)NCCCC[C@H](CC(=O)[C@@H]([NH])Cc1cnc[nH]1)C(=O)NCC(=O)O. The minimum atomic E-state index is -1.21. The maximum absolute atomic E-state index is 12.7. The molecular weight excluding hydrogens is 815 g/mol. The van der Waals surface area contributed by atoms with Crippen LogP contribution >= 0.6 is 0 Å². The fraction of sp³-hybridized carbons (Fsp3) is 0.800. The van der Waals surface area contributed by atoms with Gasteiger partial charge in [-0.1, -0.05) is 103 Å². The van der Waals surface area contributed by atoms with Gasteiger partial charge in [0.05, 0.1) is 52.0 Å². The molecule has 0 saturated carbocycles. The molecule has 2 atom stereocenters. The number of Topliss-reactive ketones (excluding diaryl/α,β-unsaturated/α-hetero) is 1. The monoisotopic (exact) mass is 895 g/mol. The number of aromatic amines is 1. The number of nitrogens with zero attached hydrogens (tertiary/aromatic N) is 1. The van der Waals surface area contributed by atoms with E-state index in [0.29, 0.717) is 51.3 Å². The van der Waals surface area contributed by atoms with Crippen LogP contribution < -0.4 is 27.0 Å². The number of amides is 4. The van der Waals surface area contributed by atoms with Gasteiger partial charge in [-0.15, -0.1) is 0 Å². The van der Waals surface area contributed by atoms with E-state index in [0.717, 1.165) is 12.8 Å². The number of ketones is 1. The van der Waals surface area contributed by atoms with Crippen molar-refractivity contribution < 1.29 is 52.8 Å². The first-order valence-corrected chi connectivity index (χ1v) is 23.4. The molecule has 7 N–H and O–H groups in total. The molecule has 0 aliphatic carbocycles. The van der Waals surface area contributed by atoms with Crippen LogP contribution in [0, 0.1) is 5.92 Å². The third-order valence-electron chi connectivity index (χ3n) is 10.3. The molecule has 18 nitrogen and oxygen atoms in total. The zero-order chi connectivity index (χ0) is 46.0. The molecule has 361 valence electrons. The van der Waals surface area contributed by atoms with Crippen LogP contribution in [0.4, 0.5) is 0 Å². The molecule has 63 heavy (non-hydrogen) atoms. The zero-order valence-electron chi connectivity index (χ0n) is 38.1. The van der Waals surface area contributed by atoms with Crippen LogP contribution in [0.2, 0.25) is 0 Å². The number of aromatic nitrogens is 2. The normalized spacial score (nSPS) is 12.1. The summed E-state index contributed by atoms with van der Waals surface area (Å²) in [4.78, 5) is 79.0. The van der Waals surface area contributed by atoms with Crippen molar-refractivity contribution in [1.29, 1.82) is 0 Å².